The van der Waals surface area contributed by atoms with Crippen LogP contribution >= 0.6 is 7.82 Å². The molecule has 0 aromatic carbocycles. The summed E-state index contributed by atoms with van der Waals surface area (Å²) >= 11 is 0. The SMILES string of the molecule is O=P([O-])([O-])[O-].[Al+3].[Al]. The van der Waals surface area contributed by atoms with Crippen LogP contribution in [0.2, 0.25) is 0 Å². The Balaban J connectivity index is -0.0000000800. The quantitative estimate of drug-likeness (QED) is 0.263. The van der Waals surface area contributed by atoms with Gasteiger partial charge in [0.1, 0.15) is 0 Å². The first-order valence-corrected chi connectivity index (χ1v) is 2.19. The van der Waals surface area contributed by atoms with Gasteiger partial charge >= 0.3 is 17.4 Å². The van der Waals surface area contributed by atoms with Crippen LogP contribution in [0.5, 0.6) is 0 Å². The molecule has 0 N–H and O–H groups in total. The minimum absolute atomic E-state index is 0. The molecule has 0 aliphatic carbocycles. The van der Waals surface area contributed by atoms with E-state index in [2.05, 4.69) is 0 Å². The average Bonchev–Trinajstić information content (AvgIpc) is 0.722. The van der Waals surface area contributed by atoms with Gasteiger partial charge in [-0.25, -0.2) is 0 Å². The maximum Gasteiger partial charge on any atom is 3.00 e. The Bertz CT molecular complexity index is 55.8. The molecule has 0 saturated carbocycles. The summed E-state index contributed by atoms with van der Waals surface area (Å²) in [4.78, 5) is 25.6. The smallest absolute Gasteiger partial charge is 0.822 e. The van der Waals surface area contributed by atoms with Gasteiger partial charge in [-0.3, -0.25) is 0 Å². The van der Waals surface area contributed by atoms with Crippen molar-refractivity contribution in [1.82, 2.24) is 0 Å². The second-order valence-corrected chi connectivity index (χ2v) is 1.34. The predicted octanol–water partition coefficient (Wildman–Crippen LogP) is -3.59. The molecule has 4 nitrogen and oxygen atoms in total. The molecule has 3 radical (unpaired) electrons. The standard InChI is InChI=1S/2Al.H3O4P/c;;1-5(2,3)4/h;;(H3,1,2,3,4)/q;+3;/p-3. The summed E-state index contributed by atoms with van der Waals surface area (Å²) in [5.41, 5.74) is 0. The summed E-state index contributed by atoms with van der Waals surface area (Å²) in [5.74, 6) is 0. The van der Waals surface area contributed by atoms with Crippen molar-refractivity contribution in [2.24, 2.45) is 0 Å². The van der Waals surface area contributed by atoms with E-state index in [0.29, 0.717) is 0 Å². The second kappa shape index (κ2) is 5.31. The van der Waals surface area contributed by atoms with Gasteiger partial charge in [-0.2, -0.15) is 7.82 Å². The molecular formula is Al2O4P. The van der Waals surface area contributed by atoms with Gasteiger partial charge in [0, 0.05) is 17.4 Å². The summed E-state index contributed by atoms with van der Waals surface area (Å²) in [7, 11) is -5.39. The predicted molar refractivity (Wildman–Crippen MR) is 19.1 cm³/mol. The topological polar surface area (TPSA) is 86.2 Å². The molecule has 7 heavy (non-hydrogen) atoms. The zero-order valence-electron chi connectivity index (χ0n) is 3.23. The Morgan fingerprint density at radius 2 is 1.14 bits per heavy atom. The first-order valence-electron chi connectivity index (χ1n) is 0.730. The molecule has 0 saturated heterocycles. The molecule has 35 valence electrons. The van der Waals surface area contributed by atoms with Crippen molar-refractivity contribution in [1.29, 1.82) is 0 Å². The Morgan fingerprint density at radius 1 is 1.14 bits per heavy atom. The molecule has 0 spiro atoms. The molecule has 0 atom stereocenters. The molecule has 0 aliphatic heterocycles. The maximum absolute atomic E-state index is 8.55. The van der Waals surface area contributed by atoms with Gasteiger partial charge in [0.15, 0.2) is 0 Å². The molecule has 0 fully saturated rings. The van der Waals surface area contributed by atoms with Crippen molar-refractivity contribution < 1.29 is 19.2 Å². The van der Waals surface area contributed by atoms with E-state index >= 15 is 0 Å². The minimum atomic E-state index is -5.39. The van der Waals surface area contributed by atoms with Gasteiger partial charge in [-0.05, 0) is 0 Å². The monoisotopic (exact) mass is 149 g/mol. The van der Waals surface area contributed by atoms with Crippen LogP contribution in [0.4, 0.5) is 0 Å². The van der Waals surface area contributed by atoms with Crippen LogP contribution in [0, 0.1) is 0 Å². The fourth-order valence-electron chi connectivity index (χ4n) is 0. The number of hydrogen-bond acceptors (Lipinski definition) is 4. The van der Waals surface area contributed by atoms with Crippen LogP contribution in [-0.4, -0.2) is 34.7 Å². The summed E-state index contributed by atoms with van der Waals surface area (Å²) < 4.78 is 8.55. The molecule has 7 heteroatoms. The van der Waals surface area contributed by atoms with E-state index in [1.165, 1.54) is 0 Å². The molecule has 0 aliphatic rings. The zero-order chi connectivity index (χ0) is 4.50. The molecule has 0 heterocycles. The summed E-state index contributed by atoms with van der Waals surface area (Å²) in [6.45, 7) is 0. The normalized spacial score (nSPS) is 8.43. The van der Waals surface area contributed by atoms with Crippen LogP contribution in [0.3, 0.4) is 0 Å². The Hall–Kier alpha value is 1.17. The van der Waals surface area contributed by atoms with Gasteiger partial charge < -0.3 is 19.2 Å². The van der Waals surface area contributed by atoms with Gasteiger partial charge in [0.25, 0.3) is 0 Å². The third kappa shape index (κ3) is 139. The fourth-order valence-corrected chi connectivity index (χ4v) is 0. The number of phosphoric acid groups is 1. The van der Waals surface area contributed by atoms with Crippen molar-refractivity contribution in [3.8, 4) is 0 Å². The second-order valence-electron chi connectivity index (χ2n) is 0.447. The molecule has 0 amide bonds. The molecule has 0 aromatic rings. The third-order valence-electron chi connectivity index (χ3n) is 0. The number of hydrogen-bond donors (Lipinski definition) is 0. The number of rotatable bonds is 0. The first kappa shape index (κ1) is 15.7. The summed E-state index contributed by atoms with van der Waals surface area (Å²) in [6.07, 6.45) is 0. The Labute approximate surface area is 62.1 Å². The van der Waals surface area contributed by atoms with E-state index in [-0.39, 0.29) is 34.7 Å². The average molecular weight is 149 g/mol. The molecule has 0 aromatic heterocycles. The van der Waals surface area contributed by atoms with E-state index in [9.17, 15) is 0 Å². The van der Waals surface area contributed by atoms with Crippen molar-refractivity contribution in [2.75, 3.05) is 0 Å². The Morgan fingerprint density at radius 3 is 1.14 bits per heavy atom. The van der Waals surface area contributed by atoms with Crippen LogP contribution in [0.1, 0.15) is 0 Å². The summed E-state index contributed by atoms with van der Waals surface area (Å²) in [5, 5.41) is 0. The van der Waals surface area contributed by atoms with Crippen LogP contribution in [0.25, 0.3) is 0 Å². The van der Waals surface area contributed by atoms with Crippen LogP contribution in [0.15, 0.2) is 0 Å². The van der Waals surface area contributed by atoms with Crippen molar-refractivity contribution in [3.05, 3.63) is 0 Å². The minimum Gasteiger partial charge on any atom is -0.822 e. The van der Waals surface area contributed by atoms with E-state index in [1.54, 1.807) is 0 Å². The van der Waals surface area contributed by atoms with E-state index in [0.717, 1.165) is 0 Å². The van der Waals surface area contributed by atoms with Crippen molar-refractivity contribution >= 4 is 42.5 Å². The molecule has 0 rings (SSSR count). The van der Waals surface area contributed by atoms with Gasteiger partial charge in [-0.15, -0.1) is 0 Å². The van der Waals surface area contributed by atoms with E-state index in [1.807, 2.05) is 0 Å². The molecular weight excluding hydrogens is 149 g/mol. The molecule has 0 unspecified atom stereocenters. The van der Waals surface area contributed by atoms with Crippen LogP contribution < -0.4 is 14.7 Å². The largest absolute Gasteiger partial charge is 3.00 e. The van der Waals surface area contributed by atoms with Gasteiger partial charge in [0.05, 0.1) is 0 Å². The fraction of sp³-hybridized carbons (Fsp3) is 0. The van der Waals surface area contributed by atoms with E-state index < -0.39 is 7.82 Å². The van der Waals surface area contributed by atoms with Crippen molar-refractivity contribution in [3.63, 3.8) is 0 Å². The maximum atomic E-state index is 8.55. The summed E-state index contributed by atoms with van der Waals surface area (Å²) in [6, 6.07) is 0. The zero-order valence-corrected chi connectivity index (χ0v) is 6.44. The molecule has 0 bridgehead atoms. The first-order chi connectivity index (χ1) is 2.00. The van der Waals surface area contributed by atoms with Gasteiger partial charge in [0.2, 0.25) is 0 Å². The third-order valence-corrected chi connectivity index (χ3v) is 0. The van der Waals surface area contributed by atoms with Crippen molar-refractivity contribution in [2.45, 2.75) is 0 Å². The van der Waals surface area contributed by atoms with E-state index in [4.69, 9.17) is 19.2 Å². The Kier molecular flexibility index (Phi) is 11.9. The van der Waals surface area contributed by atoms with Gasteiger partial charge in [-0.1, -0.05) is 0 Å². The van der Waals surface area contributed by atoms with Crippen LogP contribution in [-0.2, 0) is 4.57 Å².